The minimum absolute atomic E-state index is 0.664. The van der Waals surface area contributed by atoms with Crippen molar-refractivity contribution in [1.29, 1.82) is 0 Å². The van der Waals surface area contributed by atoms with Gasteiger partial charge in [0.15, 0.2) is 0 Å². The van der Waals surface area contributed by atoms with Gasteiger partial charge in [-0.25, -0.2) is 0 Å². The Kier molecular flexibility index (Phi) is 4.37. The van der Waals surface area contributed by atoms with Gasteiger partial charge in [-0.05, 0) is 48.7 Å². The molecule has 94 valence electrons. The van der Waals surface area contributed by atoms with Gasteiger partial charge in [0.1, 0.15) is 5.75 Å². The summed E-state index contributed by atoms with van der Waals surface area (Å²) in [7, 11) is 0. The van der Waals surface area contributed by atoms with E-state index in [1.807, 2.05) is 18.2 Å². The maximum absolute atomic E-state index is 5.71. The van der Waals surface area contributed by atoms with Crippen LogP contribution in [-0.2, 0) is 0 Å². The van der Waals surface area contributed by atoms with E-state index in [4.69, 9.17) is 10.5 Å². The van der Waals surface area contributed by atoms with Crippen molar-refractivity contribution in [2.75, 3.05) is 13.2 Å². The van der Waals surface area contributed by atoms with E-state index < -0.39 is 0 Å². The molecule has 0 aromatic heterocycles. The highest BCUT2D eigenvalue weighted by molar-refractivity contribution is 5.66. The summed E-state index contributed by atoms with van der Waals surface area (Å²) in [5.74, 6) is 0.919. The van der Waals surface area contributed by atoms with Crippen molar-refractivity contribution in [1.82, 2.24) is 0 Å². The third-order valence-corrected chi connectivity index (χ3v) is 2.78. The van der Waals surface area contributed by atoms with E-state index >= 15 is 0 Å². The van der Waals surface area contributed by atoms with E-state index in [2.05, 4.69) is 37.3 Å². The third-order valence-electron chi connectivity index (χ3n) is 2.78. The van der Waals surface area contributed by atoms with Gasteiger partial charge in [0.2, 0.25) is 0 Å². The Hall–Kier alpha value is -1.80. The topological polar surface area (TPSA) is 35.2 Å². The van der Waals surface area contributed by atoms with Crippen LogP contribution < -0.4 is 10.5 Å². The van der Waals surface area contributed by atoms with Gasteiger partial charge in [0.25, 0.3) is 0 Å². The number of hydrogen-bond acceptors (Lipinski definition) is 2. The molecule has 0 aliphatic heterocycles. The molecule has 2 nitrogen and oxygen atoms in total. The number of nitrogens with two attached hydrogens (primary N) is 1. The second-order valence-electron chi connectivity index (χ2n) is 4.39. The van der Waals surface area contributed by atoms with Crippen molar-refractivity contribution in [2.45, 2.75) is 13.3 Å². The predicted octanol–water partition coefficient (Wildman–Crippen LogP) is 3.39. The molecule has 0 saturated carbocycles. The Balaban J connectivity index is 2.21. The van der Waals surface area contributed by atoms with Gasteiger partial charge in [0.05, 0.1) is 6.61 Å². The Morgan fingerprint density at radius 1 is 1.00 bits per heavy atom. The van der Waals surface area contributed by atoms with E-state index in [1.165, 1.54) is 16.7 Å². The third kappa shape index (κ3) is 3.34. The zero-order valence-corrected chi connectivity index (χ0v) is 10.7. The van der Waals surface area contributed by atoms with Crippen LogP contribution in [0.3, 0.4) is 0 Å². The Bertz CT molecular complexity index is 494. The Morgan fingerprint density at radius 2 is 1.78 bits per heavy atom. The summed E-state index contributed by atoms with van der Waals surface area (Å²) < 4.78 is 5.71. The molecule has 0 radical (unpaired) electrons. The normalized spacial score (nSPS) is 10.3. The minimum atomic E-state index is 0.664. The smallest absolute Gasteiger partial charge is 0.120 e. The lowest BCUT2D eigenvalue weighted by atomic mass is 10.0. The quantitative estimate of drug-likeness (QED) is 0.814. The van der Waals surface area contributed by atoms with Crippen LogP contribution in [0.1, 0.15) is 12.0 Å². The maximum Gasteiger partial charge on any atom is 0.120 e. The molecule has 0 fully saturated rings. The lowest BCUT2D eigenvalue weighted by Gasteiger charge is -2.09. The summed E-state index contributed by atoms with van der Waals surface area (Å²) in [5.41, 5.74) is 9.08. The highest BCUT2D eigenvalue weighted by Gasteiger charge is 2.01. The van der Waals surface area contributed by atoms with Crippen molar-refractivity contribution >= 4 is 0 Å². The van der Waals surface area contributed by atoms with Crippen LogP contribution in [0.25, 0.3) is 11.1 Å². The van der Waals surface area contributed by atoms with Gasteiger partial charge in [-0.1, -0.05) is 36.4 Å². The molecule has 2 aromatic rings. The summed E-state index contributed by atoms with van der Waals surface area (Å²) >= 11 is 0. The predicted molar refractivity (Wildman–Crippen MR) is 75.8 cm³/mol. The molecular formula is C16H19NO. The molecule has 18 heavy (non-hydrogen) atoms. The average molecular weight is 241 g/mol. The van der Waals surface area contributed by atoms with E-state index in [-0.39, 0.29) is 0 Å². The molecule has 2 N–H and O–H groups in total. The molecule has 0 spiro atoms. The van der Waals surface area contributed by atoms with Crippen LogP contribution in [-0.4, -0.2) is 13.2 Å². The summed E-state index contributed by atoms with van der Waals surface area (Å²) in [6.45, 7) is 3.42. The molecule has 0 heterocycles. The number of hydrogen-bond donors (Lipinski definition) is 1. The molecule has 2 rings (SSSR count). The monoisotopic (exact) mass is 241 g/mol. The lowest BCUT2D eigenvalue weighted by molar-refractivity contribution is 0.313. The molecule has 2 heteroatoms. The summed E-state index contributed by atoms with van der Waals surface area (Å²) in [4.78, 5) is 0. The number of benzene rings is 2. The summed E-state index contributed by atoms with van der Waals surface area (Å²) in [5, 5.41) is 0. The second-order valence-corrected chi connectivity index (χ2v) is 4.39. The first-order valence-electron chi connectivity index (χ1n) is 6.29. The average Bonchev–Trinajstić information content (AvgIpc) is 2.39. The fourth-order valence-electron chi connectivity index (χ4n) is 1.90. The van der Waals surface area contributed by atoms with Crippen molar-refractivity contribution in [2.24, 2.45) is 5.73 Å². The van der Waals surface area contributed by atoms with Gasteiger partial charge in [-0.15, -0.1) is 0 Å². The maximum atomic E-state index is 5.71. The highest BCUT2D eigenvalue weighted by atomic mass is 16.5. The first-order chi connectivity index (χ1) is 8.79. The molecule has 0 bridgehead atoms. The molecule has 0 unspecified atom stereocenters. The molecule has 0 saturated heterocycles. The first kappa shape index (κ1) is 12.7. The van der Waals surface area contributed by atoms with Crippen LogP contribution >= 0.6 is 0 Å². The van der Waals surface area contributed by atoms with Gasteiger partial charge in [-0.2, -0.15) is 0 Å². The van der Waals surface area contributed by atoms with Crippen LogP contribution in [0.2, 0.25) is 0 Å². The number of aryl methyl sites for hydroxylation is 1. The zero-order valence-electron chi connectivity index (χ0n) is 10.7. The summed E-state index contributed by atoms with van der Waals surface area (Å²) in [6, 6.07) is 16.7. The van der Waals surface area contributed by atoms with Gasteiger partial charge < -0.3 is 10.5 Å². The van der Waals surface area contributed by atoms with Crippen molar-refractivity contribution in [3.8, 4) is 16.9 Å². The molecule has 2 aromatic carbocycles. The molecule has 0 atom stereocenters. The van der Waals surface area contributed by atoms with E-state index in [0.29, 0.717) is 13.2 Å². The van der Waals surface area contributed by atoms with Crippen LogP contribution in [0, 0.1) is 6.92 Å². The van der Waals surface area contributed by atoms with Crippen LogP contribution in [0.4, 0.5) is 0 Å². The van der Waals surface area contributed by atoms with Crippen LogP contribution in [0.15, 0.2) is 48.5 Å². The largest absolute Gasteiger partial charge is 0.494 e. The van der Waals surface area contributed by atoms with Gasteiger partial charge in [-0.3, -0.25) is 0 Å². The van der Waals surface area contributed by atoms with Crippen molar-refractivity contribution in [3.05, 3.63) is 54.1 Å². The molecule has 0 amide bonds. The first-order valence-corrected chi connectivity index (χ1v) is 6.29. The Morgan fingerprint density at radius 3 is 2.50 bits per heavy atom. The van der Waals surface area contributed by atoms with Crippen molar-refractivity contribution in [3.63, 3.8) is 0 Å². The van der Waals surface area contributed by atoms with E-state index in [9.17, 15) is 0 Å². The van der Waals surface area contributed by atoms with Gasteiger partial charge >= 0.3 is 0 Å². The minimum Gasteiger partial charge on any atom is -0.494 e. The Labute approximate surface area is 108 Å². The standard InChI is InChI=1S/C16H19NO/c1-13-10-15(14-6-3-2-4-7-14)12-16(11-13)18-9-5-8-17/h2-4,6-7,10-12H,5,8-9,17H2,1H3. The highest BCUT2D eigenvalue weighted by Crippen LogP contribution is 2.25. The molecule has 0 aliphatic rings. The van der Waals surface area contributed by atoms with E-state index in [0.717, 1.165) is 12.2 Å². The lowest BCUT2D eigenvalue weighted by Crippen LogP contribution is -2.06. The second kappa shape index (κ2) is 6.22. The summed E-state index contributed by atoms with van der Waals surface area (Å²) in [6.07, 6.45) is 0.884. The number of ether oxygens (including phenoxy) is 1. The fourth-order valence-corrected chi connectivity index (χ4v) is 1.90. The molecular weight excluding hydrogens is 222 g/mol. The van der Waals surface area contributed by atoms with Crippen LogP contribution in [0.5, 0.6) is 5.75 Å². The van der Waals surface area contributed by atoms with E-state index in [1.54, 1.807) is 0 Å². The van der Waals surface area contributed by atoms with Crippen molar-refractivity contribution < 1.29 is 4.74 Å². The zero-order chi connectivity index (χ0) is 12.8. The van der Waals surface area contributed by atoms with Gasteiger partial charge in [0, 0.05) is 0 Å². The number of rotatable bonds is 5. The fraction of sp³-hybridized carbons (Fsp3) is 0.250. The molecule has 0 aliphatic carbocycles. The SMILES string of the molecule is Cc1cc(OCCCN)cc(-c2ccccc2)c1.